The van der Waals surface area contributed by atoms with Gasteiger partial charge in [0.25, 0.3) is 0 Å². The number of ether oxygens (including phenoxy) is 2. The van der Waals surface area contributed by atoms with Crippen molar-refractivity contribution in [2.45, 2.75) is 51.6 Å². The van der Waals surface area contributed by atoms with Crippen LogP contribution in [0, 0.1) is 0 Å². The number of esters is 1. The van der Waals surface area contributed by atoms with Crippen LogP contribution in [0.2, 0.25) is 0 Å². The molecule has 0 aromatic carbocycles. The van der Waals surface area contributed by atoms with Crippen LogP contribution in [0.3, 0.4) is 0 Å². The first-order valence-corrected chi connectivity index (χ1v) is 5.79. The minimum atomic E-state index is -0.161. The Labute approximate surface area is 90.4 Å². The van der Waals surface area contributed by atoms with Crippen molar-refractivity contribution in [3.63, 3.8) is 0 Å². The molecule has 0 atom stereocenters. The van der Waals surface area contributed by atoms with Crippen molar-refractivity contribution >= 4 is 5.97 Å². The van der Waals surface area contributed by atoms with Gasteiger partial charge in [-0.05, 0) is 19.3 Å². The zero-order valence-corrected chi connectivity index (χ0v) is 9.47. The van der Waals surface area contributed by atoms with Crippen molar-refractivity contribution in [2.75, 3.05) is 6.61 Å². The fourth-order valence-corrected chi connectivity index (χ4v) is 2.30. The summed E-state index contributed by atoms with van der Waals surface area (Å²) in [4.78, 5) is 11.7. The van der Waals surface area contributed by atoms with Crippen LogP contribution < -0.4 is 0 Å². The van der Waals surface area contributed by atoms with Crippen molar-refractivity contribution in [1.29, 1.82) is 0 Å². The van der Waals surface area contributed by atoms with Gasteiger partial charge in [0.2, 0.25) is 0 Å². The van der Waals surface area contributed by atoms with Crippen molar-refractivity contribution < 1.29 is 14.3 Å². The Bertz CT molecular complexity index is 300. The van der Waals surface area contributed by atoms with E-state index in [4.69, 9.17) is 9.47 Å². The van der Waals surface area contributed by atoms with Crippen LogP contribution >= 0.6 is 0 Å². The average molecular weight is 210 g/mol. The van der Waals surface area contributed by atoms with E-state index in [0.717, 1.165) is 43.4 Å². The summed E-state index contributed by atoms with van der Waals surface area (Å²) in [5.74, 6) is 0.729. The van der Waals surface area contributed by atoms with Crippen LogP contribution in [0.25, 0.3) is 0 Å². The Morgan fingerprint density at radius 3 is 2.73 bits per heavy atom. The Hall–Kier alpha value is -0.990. The molecular weight excluding hydrogens is 192 g/mol. The summed E-state index contributed by atoms with van der Waals surface area (Å²) in [6.07, 6.45) is 4.36. The molecule has 2 aliphatic heterocycles. The van der Waals surface area contributed by atoms with E-state index in [1.54, 1.807) is 0 Å². The molecule has 0 radical (unpaired) electrons. The third-order valence-corrected chi connectivity index (χ3v) is 3.49. The van der Waals surface area contributed by atoms with Crippen LogP contribution in [-0.2, 0) is 14.3 Å². The van der Waals surface area contributed by atoms with E-state index >= 15 is 0 Å². The van der Waals surface area contributed by atoms with E-state index in [1.807, 2.05) is 0 Å². The van der Waals surface area contributed by atoms with Gasteiger partial charge in [-0.3, -0.25) is 0 Å². The Kier molecular flexibility index (Phi) is 2.72. The summed E-state index contributed by atoms with van der Waals surface area (Å²) < 4.78 is 11.1. The predicted octanol–water partition coefficient (Wildman–Crippen LogP) is 2.56. The van der Waals surface area contributed by atoms with Gasteiger partial charge in [-0.2, -0.15) is 0 Å². The van der Waals surface area contributed by atoms with E-state index in [0.29, 0.717) is 6.61 Å². The monoisotopic (exact) mass is 210 g/mol. The third kappa shape index (κ3) is 1.75. The molecule has 0 fully saturated rings. The maximum absolute atomic E-state index is 11.7. The lowest BCUT2D eigenvalue weighted by Gasteiger charge is -2.27. The van der Waals surface area contributed by atoms with Gasteiger partial charge in [0.1, 0.15) is 11.4 Å². The molecule has 15 heavy (non-hydrogen) atoms. The van der Waals surface area contributed by atoms with Crippen molar-refractivity contribution in [2.24, 2.45) is 0 Å². The quantitative estimate of drug-likeness (QED) is 0.657. The van der Waals surface area contributed by atoms with Gasteiger partial charge in [-0.1, -0.05) is 13.8 Å². The topological polar surface area (TPSA) is 35.5 Å². The van der Waals surface area contributed by atoms with Crippen molar-refractivity contribution in [3.8, 4) is 0 Å². The Morgan fingerprint density at radius 1 is 1.33 bits per heavy atom. The minimum absolute atomic E-state index is 0.138. The smallest absolute Gasteiger partial charge is 0.337 e. The lowest BCUT2D eigenvalue weighted by molar-refractivity contribution is -0.139. The molecule has 2 rings (SSSR count). The zero-order chi connectivity index (χ0) is 10.9. The first-order valence-electron chi connectivity index (χ1n) is 5.79. The van der Waals surface area contributed by atoms with Crippen LogP contribution in [0.4, 0.5) is 0 Å². The fourth-order valence-electron chi connectivity index (χ4n) is 2.30. The Balaban J connectivity index is 2.21. The lowest BCUT2D eigenvalue weighted by atomic mass is 9.91. The molecule has 3 heteroatoms. The van der Waals surface area contributed by atoms with E-state index in [9.17, 15) is 4.79 Å². The molecule has 0 saturated carbocycles. The highest BCUT2D eigenvalue weighted by atomic mass is 16.5. The molecule has 0 amide bonds. The minimum Gasteiger partial charge on any atom is -0.491 e. The van der Waals surface area contributed by atoms with E-state index in [2.05, 4.69) is 13.8 Å². The van der Waals surface area contributed by atoms with Gasteiger partial charge >= 0.3 is 5.97 Å². The average Bonchev–Trinajstić information content (AvgIpc) is 2.56. The summed E-state index contributed by atoms with van der Waals surface area (Å²) in [6.45, 7) is 4.75. The highest BCUT2D eigenvalue weighted by Gasteiger charge is 2.41. The largest absolute Gasteiger partial charge is 0.491 e. The molecule has 2 aliphatic rings. The summed E-state index contributed by atoms with van der Waals surface area (Å²) in [7, 11) is 0. The molecular formula is C12H18O3. The molecule has 3 nitrogen and oxygen atoms in total. The second-order valence-corrected chi connectivity index (χ2v) is 4.31. The molecule has 84 valence electrons. The number of hydrogen-bond donors (Lipinski definition) is 0. The first-order chi connectivity index (χ1) is 7.21. The molecule has 0 aromatic heterocycles. The number of carbonyl (C=O) groups is 1. The summed E-state index contributed by atoms with van der Waals surface area (Å²) in [5.41, 5.74) is 0.650. The van der Waals surface area contributed by atoms with Crippen LogP contribution in [0.1, 0.15) is 46.0 Å². The van der Waals surface area contributed by atoms with Crippen LogP contribution in [0.5, 0.6) is 0 Å². The van der Waals surface area contributed by atoms with Gasteiger partial charge < -0.3 is 9.47 Å². The molecule has 2 heterocycles. The van der Waals surface area contributed by atoms with E-state index in [-0.39, 0.29) is 11.6 Å². The highest BCUT2D eigenvalue weighted by molar-refractivity contribution is 5.90. The van der Waals surface area contributed by atoms with Gasteiger partial charge in [0.15, 0.2) is 0 Å². The molecule has 0 spiro atoms. The number of carbonyl (C=O) groups excluding carboxylic acids is 1. The normalized spacial score (nSPS) is 24.3. The maximum atomic E-state index is 11.7. The van der Waals surface area contributed by atoms with Crippen LogP contribution in [0.15, 0.2) is 11.3 Å². The number of allylic oxidation sites excluding steroid dienone is 1. The molecule has 0 N–H and O–H groups in total. The SMILES string of the molecule is CCC1(CC)CC2=C(CCCOC2=O)O1. The number of rotatable bonds is 2. The van der Waals surface area contributed by atoms with Gasteiger partial charge in [-0.25, -0.2) is 4.79 Å². The fraction of sp³-hybridized carbons (Fsp3) is 0.750. The van der Waals surface area contributed by atoms with Gasteiger partial charge in [0.05, 0.1) is 12.2 Å². The zero-order valence-electron chi connectivity index (χ0n) is 9.47. The van der Waals surface area contributed by atoms with Crippen molar-refractivity contribution in [3.05, 3.63) is 11.3 Å². The third-order valence-electron chi connectivity index (χ3n) is 3.49. The number of cyclic esters (lactones) is 1. The molecule has 0 saturated heterocycles. The van der Waals surface area contributed by atoms with Gasteiger partial charge in [0, 0.05) is 12.8 Å². The van der Waals surface area contributed by atoms with Gasteiger partial charge in [-0.15, -0.1) is 0 Å². The standard InChI is InChI=1S/C12H18O3/c1-3-12(4-2)8-9-10(15-12)6-5-7-14-11(9)13/h3-8H2,1-2H3. The second-order valence-electron chi connectivity index (χ2n) is 4.31. The second kappa shape index (κ2) is 3.87. The molecule has 0 unspecified atom stereocenters. The number of hydrogen-bond acceptors (Lipinski definition) is 3. The van der Waals surface area contributed by atoms with Crippen LogP contribution in [-0.4, -0.2) is 18.2 Å². The summed E-state index contributed by atoms with van der Waals surface area (Å²) >= 11 is 0. The lowest BCUT2D eigenvalue weighted by Crippen LogP contribution is -2.27. The molecule has 0 bridgehead atoms. The molecule has 0 aliphatic carbocycles. The first kappa shape index (κ1) is 10.5. The maximum Gasteiger partial charge on any atom is 0.337 e. The highest BCUT2D eigenvalue weighted by Crippen LogP contribution is 2.41. The predicted molar refractivity (Wildman–Crippen MR) is 56.2 cm³/mol. The Morgan fingerprint density at radius 2 is 2.07 bits per heavy atom. The van der Waals surface area contributed by atoms with E-state index in [1.165, 1.54) is 0 Å². The summed E-state index contributed by atoms with van der Waals surface area (Å²) in [5, 5.41) is 0. The molecule has 0 aromatic rings. The summed E-state index contributed by atoms with van der Waals surface area (Å²) in [6, 6.07) is 0. The van der Waals surface area contributed by atoms with Crippen molar-refractivity contribution in [1.82, 2.24) is 0 Å². The van der Waals surface area contributed by atoms with E-state index < -0.39 is 0 Å².